The predicted molar refractivity (Wildman–Crippen MR) is 128 cm³/mol. The summed E-state index contributed by atoms with van der Waals surface area (Å²) < 4.78 is 0. The maximum absolute atomic E-state index is 8.06. The summed E-state index contributed by atoms with van der Waals surface area (Å²) in [5.74, 6) is 0.510. The molecule has 0 amide bonds. The summed E-state index contributed by atoms with van der Waals surface area (Å²) in [6, 6.07) is 32.5. The minimum atomic E-state index is 0.124. The Hall–Kier alpha value is -3.59. The van der Waals surface area contributed by atoms with Gasteiger partial charge in [0.1, 0.15) is 0 Å². The molecule has 4 aromatic rings. The molecule has 1 aliphatic carbocycles. The van der Waals surface area contributed by atoms with Crippen molar-refractivity contribution in [1.82, 2.24) is 4.90 Å². The van der Waals surface area contributed by atoms with Crippen LogP contribution in [0.5, 0.6) is 0 Å². The van der Waals surface area contributed by atoms with Gasteiger partial charge in [-0.2, -0.15) is 0 Å². The van der Waals surface area contributed by atoms with Crippen molar-refractivity contribution in [2.24, 2.45) is 5.73 Å². The molecule has 0 saturated heterocycles. The van der Waals surface area contributed by atoms with Crippen molar-refractivity contribution < 1.29 is 0 Å². The molecule has 1 atom stereocenters. The first-order valence-corrected chi connectivity index (χ1v) is 10.9. The van der Waals surface area contributed by atoms with E-state index in [1.165, 1.54) is 38.6 Å². The summed E-state index contributed by atoms with van der Waals surface area (Å²) in [5, 5.41) is 10.8. The molecule has 0 saturated carbocycles. The fourth-order valence-electron chi connectivity index (χ4n) is 4.86. The van der Waals surface area contributed by atoms with Gasteiger partial charge in [-0.3, -0.25) is 5.41 Å². The highest BCUT2D eigenvalue weighted by molar-refractivity contribution is 5.92. The van der Waals surface area contributed by atoms with E-state index in [0.717, 1.165) is 19.4 Å². The normalized spacial score (nSPS) is 14.6. The third-order valence-electron chi connectivity index (χ3n) is 6.40. The monoisotopic (exact) mass is 405 g/mol. The maximum atomic E-state index is 8.06. The van der Waals surface area contributed by atoms with Gasteiger partial charge in [-0.1, -0.05) is 91.0 Å². The molecular weight excluding hydrogens is 378 g/mol. The molecule has 0 heterocycles. The van der Waals surface area contributed by atoms with Crippen LogP contribution < -0.4 is 5.73 Å². The van der Waals surface area contributed by atoms with Crippen LogP contribution in [0.4, 0.5) is 0 Å². The second-order valence-corrected chi connectivity index (χ2v) is 8.41. The number of nitrogens with one attached hydrogen (secondary N) is 1. The molecule has 0 aromatic heterocycles. The SMILES string of the molecule is N=C(N)N(CCc1ccccc1)Cc1cccc(C2Cc3cccc4cccc2c34)c1. The summed E-state index contributed by atoms with van der Waals surface area (Å²) in [6.45, 7) is 1.39. The zero-order valence-electron chi connectivity index (χ0n) is 17.6. The second kappa shape index (κ2) is 8.27. The van der Waals surface area contributed by atoms with Gasteiger partial charge in [0, 0.05) is 19.0 Å². The highest BCUT2D eigenvalue weighted by Crippen LogP contribution is 2.41. The first-order chi connectivity index (χ1) is 15.2. The molecule has 3 nitrogen and oxygen atoms in total. The Morgan fingerprint density at radius 3 is 2.42 bits per heavy atom. The Balaban J connectivity index is 1.37. The van der Waals surface area contributed by atoms with Crippen LogP contribution in [0.2, 0.25) is 0 Å². The molecule has 1 unspecified atom stereocenters. The van der Waals surface area contributed by atoms with Gasteiger partial charge in [0.2, 0.25) is 0 Å². The summed E-state index contributed by atoms with van der Waals surface area (Å²) in [6.07, 6.45) is 1.92. The van der Waals surface area contributed by atoms with E-state index in [9.17, 15) is 0 Å². The van der Waals surface area contributed by atoms with Gasteiger partial charge in [0.25, 0.3) is 0 Å². The molecule has 0 aliphatic heterocycles. The van der Waals surface area contributed by atoms with Crippen LogP contribution in [-0.2, 0) is 19.4 Å². The molecule has 3 N–H and O–H groups in total. The maximum Gasteiger partial charge on any atom is 0.188 e. The molecule has 4 aromatic carbocycles. The largest absolute Gasteiger partial charge is 0.370 e. The van der Waals surface area contributed by atoms with Crippen LogP contribution >= 0.6 is 0 Å². The van der Waals surface area contributed by atoms with E-state index in [-0.39, 0.29) is 5.96 Å². The molecule has 0 fully saturated rings. The van der Waals surface area contributed by atoms with Crippen LogP contribution in [0, 0.1) is 5.41 Å². The first-order valence-electron chi connectivity index (χ1n) is 10.9. The summed E-state index contributed by atoms with van der Waals surface area (Å²) >= 11 is 0. The Labute approximate surface area is 183 Å². The van der Waals surface area contributed by atoms with Gasteiger partial charge in [0.05, 0.1) is 0 Å². The van der Waals surface area contributed by atoms with Crippen molar-refractivity contribution in [1.29, 1.82) is 5.41 Å². The van der Waals surface area contributed by atoms with Crippen molar-refractivity contribution in [3.05, 3.63) is 119 Å². The highest BCUT2D eigenvalue weighted by Gasteiger charge is 2.25. The molecule has 31 heavy (non-hydrogen) atoms. The van der Waals surface area contributed by atoms with Gasteiger partial charge < -0.3 is 10.6 Å². The lowest BCUT2D eigenvalue weighted by atomic mass is 9.91. The second-order valence-electron chi connectivity index (χ2n) is 8.41. The third-order valence-corrected chi connectivity index (χ3v) is 6.40. The van der Waals surface area contributed by atoms with Crippen molar-refractivity contribution in [3.8, 4) is 0 Å². The van der Waals surface area contributed by atoms with Crippen LogP contribution in [-0.4, -0.2) is 17.4 Å². The quantitative estimate of drug-likeness (QED) is 0.330. The topological polar surface area (TPSA) is 53.1 Å². The van der Waals surface area contributed by atoms with Crippen molar-refractivity contribution in [2.75, 3.05) is 6.54 Å². The molecule has 0 radical (unpaired) electrons. The average Bonchev–Trinajstić information content (AvgIpc) is 3.18. The van der Waals surface area contributed by atoms with E-state index < -0.39 is 0 Å². The lowest BCUT2D eigenvalue weighted by molar-refractivity contribution is 0.409. The molecule has 1 aliphatic rings. The Kier molecular flexibility index (Phi) is 5.17. The van der Waals surface area contributed by atoms with Crippen LogP contribution in [0.15, 0.2) is 91.0 Å². The van der Waals surface area contributed by atoms with Gasteiger partial charge in [-0.05, 0) is 51.4 Å². The van der Waals surface area contributed by atoms with Crippen LogP contribution in [0.25, 0.3) is 10.8 Å². The number of guanidine groups is 1. The zero-order chi connectivity index (χ0) is 21.2. The highest BCUT2D eigenvalue weighted by atomic mass is 15.2. The van der Waals surface area contributed by atoms with Gasteiger partial charge in [-0.15, -0.1) is 0 Å². The van der Waals surface area contributed by atoms with Crippen molar-refractivity contribution >= 4 is 16.7 Å². The smallest absolute Gasteiger partial charge is 0.188 e. The first kappa shape index (κ1) is 19.4. The third kappa shape index (κ3) is 3.91. The Bertz CT molecular complexity index is 1220. The lowest BCUT2D eigenvalue weighted by Gasteiger charge is -2.23. The van der Waals surface area contributed by atoms with Gasteiger partial charge in [-0.25, -0.2) is 0 Å². The van der Waals surface area contributed by atoms with E-state index in [1.54, 1.807) is 0 Å². The molecule has 154 valence electrons. The van der Waals surface area contributed by atoms with E-state index in [0.29, 0.717) is 12.5 Å². The van der Waals surface area contributed by atoms with Crippen LogP contribution in [0.3, 0.4) is 0 Å². The van der Waals surface area contributed by atoms with E-state index in [1.807, 2.05) is 11.0 Å². The Morgan fingerprint density at radius 2 is 1.61 bits per heavy atom. The van der Waals surface area contributed by atoms with Crippen molar-refractivity contribution in [3.63, 3.8) is 0 Å². The minimum Gasteiger partial charge on any atom is -0.370 e. The van der Waals surface area contributed by atoms with E-state index >= 15 is 0 Å². The molecule has 5 rings (SSSR count). The minimum absolute atomic E-state index is 0.124. The number of hydrogen-bond acceptors (Lipinski definition) is 1. The average molecular weight is 406 g/mol. The molecule has 0 spiro atoms. The predicted octanol–water partition coefficient (Wildman–Crippen LogP) is 5.47. The van der Waals surface area contributed by atoms with Gasteiger partial charge in [0.15, 0.2) is 5.96 Å². The van der Waals surface area contributed by atoms with Crippen LogP contribution in [0.1, 0.15) is 33.7 Å². The van der Waals surface area contributed by atoms with E-state index in [4.69, 9.17) is 11.1 Å². The van der Waals surface area contributed by atoms with E-state index in [2.05, 4.69) is 84.9 Å². The van der Waals surface area contributed by atoms with Crippen molar-refractivity contribution in [2.45, 2.75) is 25.3 Å². The lowest BCUT2D eigenvalue weighted by Crippen LogP contribution is -2.37. The zero-order valence-corrected chi connectivity index (χ0v) is 17.6. The summed E-state index contributed by atoms with van der Waals surface area (Å²) in [7, 11) is 0. The standard InChI is InChI=1S/C28H27N3/c29-28(30)31(16-15-20-7-2-1-3-8-20)19-21-9-4-12-23(17-21)26-18-24-13-5-10-22-11-6-14-25(26)27(22)24/h1-14,17,26H,15-16,18-19H2,(H3,29,30). The number of hydrogen-bond donors (Lipinski definition) is 2. The number of nitrogens with zero attached hydrogens (tertiary/aromatic N) is 1. The fourth-order valence-corrected chi connectivity index (χ4v) is 4.86. The Morgan fingerprint density at radius 1 is 0.871 bits per heavy atom. The molecule has 0 bridgehead atoms. The number of nitrogens with two attached hydrogens (primary N) is 1. The summed E-state index contributed by atoms with van der Waals surface area (Å²) in [5.41, 5.74) is 12.6. The van der Waals surface area contributed by atoms with Gasteiger partial charge >= 0.3 is 0 Å². The molecular formula is C28H27N3. The molecule has 3 heteroatoms. The number of benzene rings is 4. The fraction of sp³-hybridized carbons (Fsp3) is 0.179. The number of rotatable bonds is 6. The summed E-state index contributed by atoms with van der Waals surface area (Å²) in [4.78, 5) is 1.95.